The van der Waals surface area contributed by atoms with E-state index in [1.165, 1.54) is 5.56 Å². The van der Waals surface area contributed by atoms with E-state index in [0.717, 1.165) is 30.9 Å². The van der Waals surface area contributed by atoms with Gasteiger partial charge in [-0.2, -0.15) is 0 Å². The topological polar surface area (TPSA) is 53.1 Å². The molecule has 1 heterocycles. The molecule has 0 bridgehead atoms. The Labute approximate surface area is 171 Å². The summed E-state index contributed by atoms with van der Waals surface area (Å²) in [4.78, 5) is 18.0. The molecule has 28 heavy (non-hydrogen) atoms. The molecule has 0 aliphatic rings. The SMILES string of the molecule is CCN(CC)Cc1ccc(CNC(=O)c2c[nH]c(=S)n2-c2ccccc2)cc1. The van der Waals surface area contributed by atoms with Crippen molar-refractivity contribution in [2.24, 2.45) is 0 Å². The highest BCUT2D eigenvalue weighted by atomic mass is 32.1. The van der Waals surface area contributed by atoms with Crippen molar-refractivity contribution in [3.05, 3.63) is 82.4 Å². The van der Waals surface area contributed by atoms with E-state index in [1.54, 1.807) is 10.8 Å². The van der Waals surface area contributed by atoms with Crippen LogP contribution in [0.2, 0.25) is 0 Å². The zero-order valence-corrected chi connectivity index (χ0v) is 17.1. The summed E-state index contributed by atoms with van der Waals surface area (Å²) in [6, 6.07) is 18.0. The molecular weight excluding hydrogens is 368 g/mol. The third-order valence-electron chi connectivity index (χ3n) is 4.80. The number of carbonyl (C=O) groups excluding carboxylic acids is 1. The van der Waals surface area contributed by atoms with Gasteiger partial charge >= 0.3 is 0 Å². The molecule has 0 aliphatic heterocycles. The Hall–Kier alpha value is -2.70. The average molecular weight is 395 g/mol. The van der Waals surface area contributed by atoms with Gasteiger partial charge in [0.1, 0.15) is 5.69 Å². The second kappa shape index (κ2) is 9.48. The molecular formula is C22H26N4OS. The molecule has 146 valence electrons. The Bertz CT molecular complexity index is 956. The minimum Gasteiger partial charge on any atom is -0.347 e. The third-order valence-corrected chi connectivity index (χ3v) is 5.10. The lowest BCUT2D eigenvalue weighted by Gasteiger charge is -2.18. The molecule has 3 rings (SSSR count). The number of nitrogens with one attached hydrogen (secondary N) is 2. The van der Waals surface area contributed by atoms with Gasteiger partial charge in [0.25, 0.3) is 5.91 Å². The number of carbonyl (C=O) groups is 1. The van der Waals surface area contributed by atoms with Crippen molar-refractivity contribution < 1.29 is 4.79 Å². The van der Waals surface area contributed by atoms with Crippen LogP contribution in [0.4, 0.5) is 0 Å². The van der Waals surface area contributed by atoms with E-state index < -0.39 is 0 Å². The largest absolute Gasteiger partial charge is 0.347 e. The number of hydrogen-bond donors (Lipinski definition) is 2. The summed E-state index contributed by atoms with van der Waals surface area (Å²) in [6.07, 6.45) is 1.65. The molecule has 1 aromatic heterocycles. The molecule has 0 unspecified atom stereocenters. The van der Waals surface area contributed by atoms with E-state index >= 15 is 0 Å². The Kier molecular flexibility index (Phi) is 6.79. The van der Waals surface area contributed by atoms with Crippen LogP contribution in [0.3, 0.4) is 0 Å². The minimum absolute atomic E-state index is 0.163. The predicted octanol–water partition coefficient (Wildman–Crippen LogP) is 4.31. The Morgan fingerprint density at radius 3 is 2.32 bits per heavy atom. The highest BCUT2D eigenvalue weighted by Crippen LogP contribution is 2.13. The summed E-state index contributed by atoms with van der Waals surface area (Å²) >= 11 is 5.34. The number of rotatable bonds is 8. The second-order valence-corrected chi connectivity index (χ2v) is 7.00. The molecule has 1 amide bonds. The highest BCUT2D eigenvalue weighted by molar-refractivity contribution is 7.71. The van der Waals surface area contributed by atoms with Crippen LogP contribution in [0.25, 0.3) is 5.69 Å². The van der Waals surface area contributed by atoms with Crippen LogP contribution in [-0.4, -0.2) is 33.4 Å². The molecule has 0 spiro atoms. The smallest absolute Gasteiger partial charge is 0.270 e. The summed E-state index contributed by atoms with van der Waals surface area (Å²) in [7, 11) is 0. The van der Waals surface area contributed by atoms with Gasteiger partial charge in [-0.25, -0.2) is 0 Å². The molecule has 0 atom stereocenters. The molecule has 0 saturated carbocycles. The summed E-state index contributed by atoms with van der Waals surface area (Å²) < 4.78 is 2.25. The monoisotopic (exact) mass is 394 g/mol. The molecule has 3 aromatic rings. The average Bonchev–Trinajstić information content (AvgIpc) is 3.13. The first-order chi connectivity index (χ1) is 13.6. The summed E-state index contributed by atoms with van der Waals surface area (Å²) in [5.74, 6) is -0.163. The van der Waals surface area contributed by atoms with Crippen LogP contribution >= 0.6 is 12.2 Å². The number of imidazole rings is 1. The van der Waals surface area contributed by atoms with E-state index in [1.807, 2.05) is 30.3 Å². The molecule has 6 heteroatoms. The summed E-state index contributed by atoms with van der Waals surface area (Å²) in [6.45, 7) is 7.84. The van der Waals surface area contributed by atoms with E-state index in [2.05, 4.69) is 53.3 Å². The maximum Gasteiger partial charge on any atom is 0.270 e. The predicted molar refractivity (Wildman–Crippen MR) is 115 cm³/mol. The number of benzene rings is 2. The van der Waals surface area contributed by atoms with Gasteiger partial charge in [-0.1, -0.05) is 56.3 Å². The number of H-pyrrole nitrogens is 1. The van der Waals surface area contributed by atoms with Crippen molar-refractivity contribution in [2.75, 3.05) is 13.1 Å². The number of aromatic amines is 1. The van der Waals surface area contributed by atoms with Gasteiger partial charge < -0.3 is 10.3 Å². The fourth-order valence-electron chi connectivity index (χ4n) is 3.11. The number of nitrogens with zero attached hydrogens (tertiary/aromatic N) is 2. The Balaban J connectivity index is 1.66. The molecule has 2 aromatic carbocycles. The minimum atomic E-state index is -0.163. The van der Waals surface area contributed by atoms with Gasteiger partial charge in [-0.15, -0.1) is 0 Å². The first-order valence-corrected chi connectivity index (χ1v) is 9.97. The quantitative estimate of drug-likeness (QED) is 0.560. The molecule has 0 saturated heterocycles. The van der Waals surface area contributed by atoms with Crippen LogP contribution < -0.4 is 5.32 Å². The summed E-state index contributed by atoms with van der Waals surface area (Å²) in [5, 5.41) is 2.98. The first-order valence-electron chi connectivity index (χ1n) is 9.56. The van der Waals surface area contributed by atoms with Gasteiger partial charge in [-0.3, -0.25) is 14.3 Å². The number of amides is 1. The van der Waals surface area contributed by atoms with Gasteiger partial charge in [0, 0.05) is 25.0 Å². The normalized spacial score (nSPS) is 11.0. The van der Waals surface area contributed by atoms with Gasteiger partial charge in [-0.05, 0) is 48.6 Å². The van der Waals surface area contributed by atoms with E-state index in [-0.39, 0.29) is 5.91 Å². The Morgan fingerprint density at radius 1 is 1.04 bits per heavy atom. The maximum atomic E-state index is 12.7. The number of aromatic nitrogens is 2. The number of hydrogen-bond acceptors (Lipinski definition) is 3. The summed E-state index contributed by atoms with van der Waals surface area (Å²) in [5.41, 5.74) is 3.70. The van der Waals surface area contributed by atoms with Crippen molar-refractivity contribution in [1.29, 1.82) is 0 Å². The van der Waals surface area contributed by atoms with Crippen molar-refractivity contribution >= 4 is 18.1 Å². The van der Waals surface area contributed by atoms with E-state index in [4.69, 9.17) is 12.2 Å². The molecule has 0 aliphatic carbocycles. The molecule has 0 fully saturated rings. The lowest BCUT2D eigenvalue weighted by atomic mass is 10.1. The van der Waals surface area contributed by atoms with Crippen molar-refractivity contribution in [3.8, 4) is 5.69 Å². The van der Waals surface area contributed by atoms with Gasteiger partial charge in [0.15, 0.2) is 4.77 Å². The van der Waals surface area contributed by atoms with Crippen molar-refractivity contribution in [1.82, 2.24) is 19.8 Å². The lowest BCUT2D eigenvalue weighted by molar-refractivity contribution is 0.0944. The maximum absolute atomic E-state index is 12.7. The molecule has 2 N–H and O–H groups in total. The van der Waals surface area contributed by atoms with E-state index in [9.17, 15) is 4.79 Å². The second-order valence-electron chi connectivity index (χ2n) is 6.61. The lowest BCUT2D eigenvalue weighted by Crippen LogP contribution is -2.25. The molecule has 5 nitrogen and oxygen atoms in total. The van der Waals surface area contributed by atoms with Crippen LogP contribution in [0.15, 0.2) is 60.8 Å². The first kappa shape index (κ1) is 20.0. The fraction of sp³-hybridized carbons (Fsp3) is 0.273. The van der Waals surface area contributed by atoms with Crippen LogP contribution in [0.5, 0.6) is 0 Å². The highest BCUT2D eigenvalue weighted by Gasteiger charge is 2.14. The molecule has 0 radical (unpaired) electrons. The van der Waals surface area contributed by atoms with Gasteiger partial charge in [0.05, 0.1) is 0 Å². The third kappa shape index (κ3) is 4.77. The zero-order valence-electron chi connectivity index (χ0n) is 16.3. The van der Waals surface area contributed by atoms with E-state index in [0.29, 0.717) is 17.0 Å². The zero-order chi connectivity index (χ0) is 19.9. The van der Waals surface area contributed by atoms with Crippen LogP contribution in [-0.2, 0) is 13.1 Å². The van der Waals surface area contributed by atoms with Crippen molar-refractivity contribution in [3.63, 3.8) is 0 Å². The van der Waals surface area contributed by atoms with Crippen LogP contribution in [0.1, 0.15) is 35.5 Å². The fourth-order valence-corrected chi connectivity index (χ4v) is 3.37. The standard InChI is InChI=1S/C22H26N4OS/c1-3-25(4-2)16-18-12-10-17(11-13-18)14-23-21(27)20-15-24-22(28)26(20)19-8-6-5-7-9-19/h5-13,15H,3-4,14,16H2,1-2H3,(H,23,27)(H,24,28). The van der Waals surface area contributed by atoms with Crippen LogP contribution in [0, 0.1) is 4.77 Å². The Morgan fingerprint density at radius 2 is 1.68 bits per heavy atom. The van der Waals surface area contributed by atoms with Crippen molar-refractivity contribution in [2.45, 2.75) is 26.9 Å². The number of para-hydroxylation sites is 1. The van der Waals surface area contributed by atoms with Gasteiger partial charge in [0.2, 0.25) is 0 Å².